The summed E-state index contributed by atoms with van der Waals surface area (Å²) in [6, 6.07) is 14.8. The lowest BCUT2D eigenvalue weighted by molar-refractivity contribution is -0.0498. The molecule has 0 fully saturated rings. The fourth-order valence-corrected chi connectivity index (χ4v) is 4.05. The van der Waals surface area contributed by atoms with Crippen molar-refractivity contribution in [1.29, 1.82) is 5.26 Å². The minimum absolute atomic E-state index is 0.0140. The standard InChI is InChI=1S/C26H20F4N4O4/c1-33-23(21-18(27)11-17(37-2)12-19(21)28)22(25(36)34(33)20-6-4-3-5-15(20)13-31)32-24(35)14-7-9-16(10-8-14)38-26(29)30/h3-12,25-26,36H,1-2H3,(H,32,35). The van der Waals surface area contributed by atoms with Crippen molar-refractivity contribution in [2.45, 2.75) is 12.8 Å². The third-order valence-electron chi connectivity index (χ3n) is 5.74. The molecule has 1 aliphatic heterocycles. The van der Waals surface area contributed by atoms with Gasteiger partial charge in [-0.1, -0.05) is 12.1 Å². The number of halogens is 4. The lowest BCUT2D eigenvalue weighted by atomic mass is 10.1. The summed E-state index contributed by atoms with van der Waals surface area (Å²) in [7, 11) is 2.63. The van der Waals surface area contributed by atoms with Crippen LogP contribution in [-0.2, 0) is 0 Å². The highest BCUT2D eigenvalue weighted by molar-refractivity contribution is 5.97. The van der Waals surface area contributed by atoms with E-state index >= 15 is 8.78 Å². The Bertz CT molecular complexity index is 1420. The number of anilines is 1. The van der Waals surface area contributed by atoms with Gasteiger partial charge >= 0.3 is 6.61 Å². The Morgan fingerprint density at radius 2 is 1.71 bits per heavy atom. The van der Waals surface area contributed by atoms with Crippen molar-refractivity contribution in [1.82, 2.24) is 10.3 Å². The van der Waals surface area contributed by atoms with Crippen molar-refractivity contribution in [2.75, 3.05) is 19.2 Å². The van der Waals surface area contributed by atoms with Crippen LogP contribution in [0.2, 0.25) is 0 Å². The maximum absolute atomic E-state index is 15.2. The number of hydrogen-bond acceptors (Lipinski definition) is 7. The molecule has 2 N–H and O–H groups in total. The summed E-state index contributed by atoms with van der Waals surface area (Å²) < 4.78 is 64.4. The lowest BCUT2D eigenvalue weighted by Crippen LogP contribution is -2.43. The number of nitriles is 1. The normalized spacial score (nSPS) is 15.1. The molecule has 0 saturated carbocycles. The number of aliphatic hydroxyl groups excluding tert-OH is 1. The maximum atomic E-state index is 15.2. The molecule has 0 bridgehead atoms. The molecule has 1 unspecified atom stereocenters. The van der Waals surface area contributed by atoms with E-state index in [1.807, 2.05) is 6.07 Å². The Labute approximate surface area is 214 Å². The molecule has 196 valence electrons. The van der Waals surface area contributed by atoms with Crippen LogP contribution in [0.3, 0.4) is 0 Å². The molecule has 1 aliphatic rings. The topological polar surface area (TPSA) is 98.1 Å². The largest absolute Gasteiger partial charge is 0.497 e. The molecular formula is C26H20F4N4O4. The number of para-hydroxylation sites is 1. The first-order valence-corrected chi connectivity index (χ1v) is 11.0. The van der Waals surface area contributed by atoms with E-state index in [1.54, 1.807) is 12.1 Å². The second kappa shape index (κ2) is 10.7. The second-order valence-electron chi connectivity index (χ2n) is 7.96. The van der Waals surface area contributed by atoms with Gasteiger partial charge in [0, 0.05) is 24.7 Å². The minimum Gasteiger partial charge on any atom is -0.497 e. The lowest BCUT2D eigenvalue weighted by Gasteiger charge is -2.33. The Hall–Kier alpha value is -4.76. The predicted octanol–water partition coefficient (Wildman–Crippen LogP) is 4.23. The van der Waals surface area contributed by atoms with E-state index in [2.05, 4.69) is 10.1 Å². The summed E-state index contributed by atoms with van der Waals surface area (Å²) in [5.41, 5.74) is -0.750. The highest BCUT2D eigenvalue weighted by Gasteiger charge is 2.41. The van der Waals surface area contributed by atoms with Gasteiger partial charge in [-0.25, -0.2) is 13.8 Å². The number of hydrogen-bond donors (Lipinski definition) is 2. The van der Waals surface area contributed by atoms with Crippen molar-refractivity contribution >= 4 is 17.3 Å². The Morgan fingerprint density at radius 1 is 1.08 bits per heavy atom. The molecule has 3 aromatic rings. The number of carbonyl (C=O) groups excluding carboxylic acids is 1. The third kappa shape index (κ3) is 4.91. The molecule has 38 heavy (non-hydrogen) atoms. The number of hydrazine groups is 1. The highest BCUT2D eigenvalue weighted by atomic mass is 19.3. The average Bonchev–Trinajstić information content (AvgIpc) is 3.12. The van der Waals surface area contributed by atoms with Gasteiger partial charge < -0.3 is 19.9 Å². The minimum atomic E-state index is -3.05. The van der Waals surface area contributed by atoms with Crippen LogP contribution in [0, 0.1) is 23.0 Å². The number of benzene rings is 3. The van der Waals surface area contributed by atoms with Gasteiger partial charge in [-0.05, 0) is 36.4 Å². The van der Waals surface area contributed by atoms with E-state index in [0.29, 0.717) is 0 Å². The molecule has 0 saturated heterocycles. The molecule has 12 heteroatoms. The Morgan fingerprint density at radius 3 is 2.29 bits per heavy atom. The molecule has 1 amide bonds. The number of aliphatic hydroxyl groups is 1. The van der Waals surface area contributed by atoms with E-state index in [-0.39, 0.29) is 39.7 Å². The monoisotopic (exact) mass is 528 g/mol. The van der Waals surface area contributed by atoms with Crippen molar-refractivity contribution in [3.8, 4) is 17.6 Å². The Kier molecular flexibility index (Phi) is 7.40. The number of carbonyl (C=O) groups is 1. The van der Waals surface area contributed by atoms with Gasteiger partial charge in [-0.3, -0.25) is 9.80 Å². The molecule has 4 rings (SSSR count). The number of alkyl halides is 2. The van der Waals surface area contributed by atoms with Crippen LogP contribution in [0.5, 0.6) is 11.5 Å². The highest BCUT2D eigenvalue weighted by Crippen LogP contribution is 2.40. The van der Waals surface area contributed by atoms with Gasteiger partial charge in [0.15, 0.2) is 6.23 Å². The first kappa shape index (κ1) is 26.3. The maximum Gasteiger partial charge on any atom is 0.387 e. The quantitative estimate of drug-likeness (QED) is 0.443. The van der Waals surface area contributed by atoms with Gasteiger partial charge in [0.25, 0.3) is 5.91 Å². The number of nitrogens with zero attached hydrogens (tertiary/aromatic N) is 3. The van der Waals surface area contributed by atoms with Gasteiger partial charge in [-0.15, -0.1) is 0 Å². The summed E-state index contributed by atoms with van der Waals surface area (Å²) in [6.07, 6.45) is -1.68. The van der Waals surface area contributed by atoms with Crippen LogP contribution in [-0.4, -0.2) is 43.0 Å². The number of ether oxygens (including phenoxy) is 2. The van der Waals surface area contributed by atoms with Crippen LogP contribution >= 0.6 is 0 Å². The summed E-state index contributed by atoms with van der Waals surface area (Å²) in [4.78, 5) is 13.1. The van der Waals surface area contributed by atoms with E-state index in [0.717, 1.165) is 24.3 Å². The van der Waals surface area contributed by atoms with Crippen LogP contribution < -0.4 is 19.8 Å². The van der Waals surface area contributed by atoms with E-state index < -0.39 is 35.9 Å². The first-order chi connectivity index (χ1) is 18.2. The number of nitrogens with one attached hydrogen (secondary N) is 1. The molecular weight excluding hydrogens is 508 g/mol. The molecule has 0 aliphatic carbocycles. The van der Waals surface area contributed by atoms with Gasteiger partial charge in [-0.2, -0.15) is 14.0 Å². The predicted molar refractivity (Wildman–Crippen MR) is 128 cm³/mol. The molecule has 0 aromatic heterocycles. The molecule has 0 spiro atoms. The SMILES string of the molecule is COc1cc(F)c(C2=C(NC(=O)c3ccc(OC(F)F)cc3)C(O)N(c3ccccc3C#N)N2C)c(F)c1. The molecule has 0 radical (unpaired) electrons. The number of methoxy groups -OCH3 is 1. The summed E-state index contributed by atoms with van der Waals surface area (Å²) >= 11 is 0. The fraction of sp³-hybridized carbons (Fsp3) is 0.154. The van der Waals surface area contributed by atoms with Crippen LogP contribution in [0.15, 0.2) is 66.4 Å². The van der Waals surface area contributed by atoms with E-state index in [9.17, 15) is 23.9 Å². The Balaban J connectivity index is 1.80. The number of amides is 1. The van der Waals surface area contributed by atoms with Crippen molar-refractivity contribution < 1.29 is 36.9 Å². The summed E-state index contributed by atoms with van der Waals surface area (Å²) in [5.74, 6) is -3.15. The van der Waals surface area contributed by atoms with Crippen LogP contribution in [0.1, 0.15) is 21.5 Å². The third-order valence-corrected chi connectivity index (χ3v) is 5.74. The molecule has 8 nitrogen and oxygen atoms in total. The van der Waals surface area contributed by atoms with Gasteiger partial charge in [0.1, 0.15) is 29.2 Å². The zero-order chi connectivity index (χ0) is 27.6. The summed E-state index contributed by atoms with van der Waals surface area (Å²) in [5, 5.41) is 25.7. The second-order valence-corrected chi connectivity index (χ2v) is 7.96. The van der Waals surface area contributed by atoms with Crippen LogP contribution in [0.4, 0.5) is 23.2 Å². The molecule has 3 aromatic carbocycles. The van der Waals surface area contributed by atoms with Gasteiger partial charge in [0.2, 0.25) is 0 Å². The van der Waals surface area contributed by atoms with Crippen LogP contribution in [0.25, 0.3) is 5.70 Å². The van der Waals surface area contributed by atoms with E-state index in [1.165, 1.54) is 48.4 Å². The molecule has 1 heterocycles. The number of rotatable bonds is 7. The fourth-order valence-electron chi connectivity index (χ4n) is 4.05. The van der Waals surface area contributed by atoms with Crippen molar-refractivity contribution in [3.63, 3.8) is 0 Å². The smallest absolute Gasteiger partial charge is 0.387 e. The van der Waals surface area contributed by atoms with Gasteiger partial charge in [0.05, 0.1) is 35.3 Å². The van der Waals surface area contributed by atoms with Crippen molar-refractivity contribution in [3.05, 3.63) is 94.7 Å². The first-order valence-electron chi connectivity index (χ1n) is 11.0. The van der Waals surface area contributed by atoms with E-state index in [4.69, 9.17) is 4.74 Å². The average molecular weight is 528 g/mol. The molecule has 1 atom stereocenters. The zero-order valence-electron chi connectivity index (χ0n) is 20.0. The summed E-state index contributed by atoms with van der Waals surface area (Å²) in [6.45, 7) is -3.05. The van der Waals surface area contributed by atoms with Crippen molar-refractivity contribution in [2.24, 2.45) is 0 Å². The zero-order valence-corrected chi connectivity index (χ0v) is 20.0.